The SMILES string of the molecule is CN(CCCC(=O)c1ccc(Br)cc1)Cc1ccccn1. The number of hydrogen-bond donors (Lipinski definition) is 0. The molecule has 0 radical (unpaired) electrons. The number of rotatable bonds is 7. The predicted molar refractivity (Wildman–Crippen MR) is 88.3 cm³/mol. The number of aromatic nitrogens is 1. The molecule has 21 heavy (non-hydrogen) atoms. The third-order valence-electron chi connectivity index (χ3n) is 3.27. The molecule has 0 atom stereocenters. The van der Waals surface area contributed by atoms with Crippen molar-refractivity contribution in [2.45, 2.75) is 19.4 Å². The van der Waals surface area contributed by atoms with Gasteiger partial charge in [0.2, 0.25) is 0 Å². The molecule has 0 fully saturated rings. The molecular weight excluding hydrogens is 328 g/mol. The van der Waals surface area contributed by atoms with E-state index in [1.165, 1.54) is 0 Å². The molecule has 0 aliphatic heterocycles. The van der Waals surface area contributed by atoms with Gasteiger partial charge in [0.15, 0.2) is 5.78 Å². The quantitative estimate of drug-likeness (QED) is 0.712. The molecule has 0 bridgehead atoms. The van der Waals surface area contributed by atoms with Crippen LogP contribution in [0.4, 0.5) is 0 Å². The van der Waals surface area contributed by atoms with Crippen LogP contribution in [0.5, 0.6) is 0 Å². The van der Waals surface area contributed by atoms with E-state index in [0.29, 0.717) is 6.42 Å². The molecule has 110 valence electrons. The van der Waals surface area contributed by atoms with Gasteiger partial charge >= 0.3 is 0 Å². The number of Topliss-reactive ketones (excluding diaryl/α,β-unsaturated/α-hetero) is 1. The maximum Gasteiger partial charge on any atom is 0.162 e. The van der Waals surface area contributed by atoms with E-state index in [-0.39, 0.29) is 5.78 Å². The van der Waals surface area contributed by atoms with Gasteiger partial charge in [-0.25, -0.2) is 0 Å². The minimum atomic E-state index is 0.203. The minimum absolute atomic E-state index is 0.203. The van der Waals surface area contributed by atoms with Crippen LogP contribution in [0.3, 0.4) is 0 Å². The zero-order chi connectivity index (χ0) is 15.1. The second-order valence-corrected chi connectivity index (χ2v) is 6.01. The van der Waals surface area contributed by atoms with Gasteiger partial charge in [-0.15, -0.1) is 0 Å². The molecular formula is C17H19BrN2O. The number of carbonyl (C=O) groups excluding carboxylic acids is 1. The number of carbonyl (C=O) groups is 1. The van der Waals surface area contributed by atoms with Gasteiger partial charge in [-0.05, 0) is 44.3 Å². The maximum atomic E-state index is 12.0. The molecule has 0 saturated heterocycles. The Balaban J connectivity index is 1.73. The zero-order valence-electron chi connectivity index (χ0n) is 12.1. The second-order valence-electron chi connectivity index (χ2n) is 5.09. The van der Waals surface area contributed by atoms with Crippen LogP contribution in [0.25, 0.3) is 0 Å². The molecule has 0 N–H and O–H groups in total. The number of nitrogens with zero attached hydrogens (tertiary/aromatic N) is 2. The highest BCUT2D eigenvalue weighted by atomic mass is 79.9. The van der Waals surface area contributed by atoms with E-state index in [2.05, 4.69) is 32.9 Å². The predicted octanol–water partition coefficient (Wildman–Crippen LogP) is 3.94. The summed E-state index contributed by atoms with van der Waals surface area (Å²) in [6.07, 6.45) is 3.24. The number of ketones is 1. The van der Waals surface area contributed by atoms with Crippen molar-refractivity contribution in [3.05, 3.63) is 64.4 Å². The summed E-state index contributed by atoms with van der Waals surface area (Å²) in [4.78, 5) is 18.5. The van der Waals surface area contributed by atoms with Gasteiger partial charge in [-0.2, -0.15) is 0 Å². The van der Waals surface area contributed by atoms with Gasteiger partial charge in [0.1, 0.15) is 0 Å². The van der Waals surface area contributed by atoms with E-state index in [4.69, 9.17) is 0 Å². The summed E-state index contributed by atoms with van der Waals surface area (Å²) in [5, 5.41) is 0. The molecule has 0 unspecified atom stereocenters. The van der Waals surface area contributed by atoms with Crippen LogP contribution in [0.15, 0.2) is 53.1 Å². The van der Waals surface area contributed by atoms with Crippen molar-refractivity contribution < 1.29 is 4.79 Å². The average Bonchev–Trinajstić information content (AvgIpc) is 2.49. The van der Waals surface area contributed by atoms with Crippen molar-refractivity contribution in [3.63, 3.8) is 0 Å². The van der Waals surface area contributed by atoms with E-state index in [9.17, 15) is 4.79 Å². The van der Waals surface area contributed by atoms with Crippen LogP contribution in [0.1, 0.15) is 28.9 Å². The molecule has 0 aliphatic carbocycles. The van der Waals surface area contributed by atoms with E-state index in [1.54, 1.807) is 6.20 Å². The first-order chi connectivity index (χ1) is 10.1. The number of halogens is 1. The summed E-state index contributed by atoms with van der Waals surface area (Å²) in [6, 6.07) is 13.5. The molecule has 0 amide bonds. The fourth-order valence-electron chi connectivity index (χ4n) is 2.14. The lowest BCUT2D eigenvalue weighted by Gasteiger charge is -2.15. The van der Waals surface area contributed by atoms with E-state index < -0.39 is 0 Å². The van der Waals surface area contributed by atoms with E-state index >= 15 is 0 Å². The summed E-state index contributed by atoms with van der Waals surface area (Å²) >= 11 is 3.37. The Morgan fingerprint density at radius 2 is 1.95 bits per heavy atom. The second kappa shape index (κ2) is 8.05. The highest BCUT2D eigenvalue weighted by Gasteiger charge is 2.07. The largest absolute Gasteiger partial charge is 0.301 e. The fraction of sp³-hybridized carbons (Fsp3) is 0.294. The van der Waals surface area contributed by atoms with Crippen molar-refractivity contribution in [3.8, 4) is 0 Å². The summed E-state index contributed by atoms with van der Waals surface area (Å²) in [6.45, 7) is 1.70. The Morgan fingerprint density at radius 1 is 1.19 bits per heavy atom. The first-order valence-electron chi connectivity index (χ1n) is 7.02. The molecule has 4 heteroatoms. The molecule has 0 spiro atoms. The Morgan fingerprint density at radius 3 is 2.62 bits per heavy atom. The lowest BCUT2D eigenvalue weighted by molar-refractivity contribution is 0.0976. The molecule has 2 rings (SSSR count). The normalized spacial score (nSPS) is 10.8. The zero-order valence-corrected chi connectivity index (χ0v) is 13.7. The van der Waals surface area contributed by atoms with Crippen LogP contribution < -0.4 is 0 Å². The monoisotopic (exact) mass is 346 g/mol. The van der Waals surface area contributed by atoms with Crippen molar-refractivity contribution in [2.24, 2.45) is 0 Å². The first kappa shape index (κ1) is 15.9. The standard InChI is InChI=1S/C17H19BrN2O/c1-20(13-16-5-2-3-11-19-16)12-4-6-17(21)14-7-9-15(18)10-8-14/h2-3,5,7-11H,4,6,12-13H2,1H3. The third-order valence-corrected chi connectivity index (χ3v) is 3.80. The van der Waals surface area contributed by atoms with Crippen molar-refractivity contribution >= 4 is 21.7 Å². The summed E-state index contributed by atoms with van der Waals surface area (Å²) in [5.74, 6) is 0.203. The van der Waals surface area contributed by atoms with Gasteiger partial charge in [-0.3, -0.25) is 9.78 Å². The molecule has 1 aromatic heterocycles. The lowest BCUT2D eigenvalue weighted by atomic mass is 10.1. The van der Waals surface area contributed by atoms with E-state index in [0.717, 1.165) is 35.2 Å². The van der Waals surface area contributed by atoms with Gasteiger partial charge in [0.25, 0.3) is 0 Å². The Hall–Kier alpha value is -1.52. The van der Waals surface area contributed by atoms with Gasteiger partial charge in [-0.1, -0.05) is 34.1 Å². The highest BCUT2D eigenvalue weighted by molar-refractivity contribution is 9.10. The molecule has 2 aromatic rings. The molecule has 0 saturated carbocycles. The summed E-state index contributed by atoms with van der Waals surface area (Å²) < 4.78 is 0.995. The van der Waals surface area contributed by atoms with Crippen LogP contribution >= 0.6 is 15.9 Å². The lowest BCUT2D eigenvalue weighted by Crippen LogP contribution is -2.20. The fourth-order valence-corrected chi connectivity index (χ4v) is 2.40. The van der Waals surface area contributed by atoms with Crippen LogP contribution in [0.2, 0.25) is 0 Å². The molecule has 1 heterocycles. The Kier molecular flexibility index (Phi) is 6.08. The molecule has 3 nitrogen and oxygen atoms in total. The van der Waals surface area contributed by atoms with E-state index in [1.807, 2.05) is 42.5 Å². The Bertz CT molecular complexity index is 569. The summed E-state index contributed by atoms with van der Waals surface area (Å²) in [7, 11) is 2.05. The van der Waals surface area contributed by atoms with Crippen molar-refractivity contribution in [2.75, 3.05) is 13.6 Å². The number of benzene rings is 1. The van der Waals surface area contributed by atoms with Crippen LogP contribution in [-0.2, 0) is 6.54 Å². The van der Waals surface area contributed by atoms with Crippen molar-refractivity contribution in [1.82, 2.24) is 9.88 Å². The number of hydrogen-bond acceptors (Lipinski definition) is 3. The van der Waals surface area contributed by atoms with Crippen LogP contribution in [-0.4, -0.2) is 29.3 Å². The first-order valence-corrected chi connectivity index (χ1v) is 7.81. The van der Waals surface area contributed by atoms with Crippen LogP contribution in [0, 0.1) is 0 Å². The van der Waals surface area contributed by atoms with Gasteiger partial charge in [0, 0.05) is 29.2 Å². The van der Waals surface area contributed by atoms with Crippen molar-refractivity contribution in [1.29, 1.82) is 0 Å². The highest BCUT2D eigenvalue weighted by Crippen LogP contribution is 2.13. The molecule has 0 aliphatic rings. The minimum Gasteiger partial charge on any atom is -0.301 e. The average molecular weight is 347 g/mol. The maximum absolute atomic E-state index is 12.0. The number of pyridine rings is 1. The Labute approximate surface area is 134 Å². The third kappa shape index (κ3) is 5.40. The smallest absolute Gasteiger partial charge is 0.162 e. The van der Waals surface area contributed by atoms with Gasteiger partial charge < -0.3 is 4.90 Å². The molecule has 1 aromatic carbocycles. The van der Waals surface area contributed by atoms with Gasteiger partial charge in [0.05, 0.1) is 5.69 Å². The topological polar surface area (TPSA) is 33.2 Å². The summed E-state index contributed by atoms with van der Waals surface area (Å²) in [5.41, 5.74) is 1.84.